The van der Waals surface area contributed by atoms with Gasteiger partial charge in [-0.3, -0.25) is 4.79 Å². The summed E-state index contributed by atoms with van der Waals surface area (Å²) in [6.07, 6.45) is -0.189. The van der Waals surface area contributed by atoms with Gasteiger partial charge in [-0.05, 0) is 34.7 Å². The zero-order valence-electron chi connectivity index (χ0n) is 17.5. The number of amides is 2. The van der Waals surface area contributed by atoms with Crippen LogP contribution in [0.1, 0.15) is 29.5 Å². The summed E-state index contributed by atoms with van der Waals surface area (Å²) in [5.41, 5.74) is 5.63. The van der Waals surface area contributed by atoms with Gasteiger partial charge in [0.05, 0.1) is 0 Å². The maximum atomic E-state index is 12.6. The first-order valence-corrected chi connectivity index (χ1v) is 10.6. The molecule has 1 atom stereocenters. The maximum Gasteiger partial charge on any atom is 0.407 e. The van der Waals surface area contributed by atoms with Crippen molar-refractivity contribution >= 4 is 12.0 Å². The molecule has 0 aromatic heterocycles. The van der Waals surface area contributed by atoms with Crippen molar-refractivity contribution in [1.82, 2.24) is 10.6 Å². The van der Waals surface area contributed by atoms with E-state index in [0.717, 1.165) is 16.7 Å². The molecule has 2 amide bonds. The molecular weight excluding hydrogens is 388 g/mol. The van der Waals surface area contributed by atoms with Crippen molar-refractivity contribution in [1.29, 1.82) is 0 Å². The molecule has 158 valence electrons. The number of ether oxygens (including phenoxy) is 1. The number of rotatable bonds is 7. The summed E-state index contributed by atoms with van der Waals surface area (Å²) in [6, 6.07) is 25.3. The van der Waals surface area contributed by atoms with Crippen LogP contribution in [0.25, 0.3) is 11.1 Å². The highest BCUT2D eigenvalue weighted by molar-refractivity contribution is 5.86. The molecule has 0 saturated heterocycles. The molecule has 4 rings (SSSR count). The smallest absolute Gasteiger partial charge is 0.407 e. The Balaban J connectivity index is 1.44. The number of benzene rings is 3. The lowest BCUT2D eigenvalue weighted by atomic mass is 9.98. The molecule has 2 N–H and O–H groups in total. The molecule has 0 fully saturated rings. The molecule has 0 aliphatic heterocycles. The molecule has 0 heterocycles. The number of nitrogens with one attached hydrogen (secondary N) is 2. The lowest BCUT2D eigenvalue weighted by molar-refractivity contribution is -0.122. The molecule has 1 aliphatic rings. The Morgan fingerprint density at radius 2 is 1.45 bits per heavy atom. The van der Waals surface area contributed by atoms with Gasteiger partial charge < -0.3 is 15.4 Å². The molecule has 3 aromatic carbocycles. The molecule has 0 radical (unpaired) electrons. The number of hydrogen-bond acceptors (Lipinski definition) is 3. The first kappa shape index (κ1) is 20.7. The third-order valence-corrected chi connectivity index (χ3v) is 5.59. The quantitative estimate of drug-likeness (QED) is 0.607. The predicted molar refractivity (Wildman–Crippen MR) is 121 cm³/mol. The van der Waals surface area contributed by atoms with Gasteiger partial charge >= 0.3 is 6.09 Å². The Labute approximate surface area is 182 Å². The summed E-state index contributed by atoms with van der Waals surface area (Å²) in [4.78, 5) is 25.1. The molecule has 1 aliphatic carbocycles. The number of hydrogen-bond donors (Lipinski definition) is 2. The van der Waals surface area contributed by atoms with E-state index in [4.69, 9.17) is 4.74 Å². The van der Waals surface area contributed by atoms with Crippen molar-refractivity contribution in [3.63, 3.8) is 0 Å². The van der Waals surface area contributed by atoms with Gasteiger partial charge in [0, 0.05) is 18.9 Å². The average molecular weight is 415 g/mol. The van der Waals surface area contributed by atoms with E-state index in [1.54, 1.807) is 0 Å². The largest absolute Gasteiger partial charge is 0.449 e. The van der Waals surface area contributed by atoms with Crippen molar-refractivity contribution in [2.75, 3.05) is 13.2 Å². The lowest BCUT2D eigenvalue weighted by Gasteiger charge is -2.19. The first-order chi connectivity index (χ1) is 15.2. The summed E-state index contributed by atoms with van der Waals surface area (Å²) >= 11 is 0. The third kappa shape index (κ3) is 4.61. The lowest BCUT2D eigenvalue weighted by Crippen LogP contribution is -2.48. The number of carbonyl (C=O) groups is 2. The van der Waals surface area contributed by atoms with Gasteiger partial charge in [-0.25, -0.2) is 4.79 Å². The van der Waals surface area contributed by atoms with Gasteiger partial charge in [0.2, 0.25) is 5.91 Å². The van der Waals surface area contributed by atoms with Crippen LogP contribution < -0.4 is 10.6 Å². The van der Waals surface area contributed by atoms with E-state index in [1.807, 2.05) is 61.5 Å². The van der Waals surface area contributed by atoms with Gasteiger partial charge in [-0.2, -0.15) is 0 Å². The van der Waals surface area contributed by atoms with E-state index in [0.29, 0.717) is 13.0 Å². The van der Waals surface area contributed by atoms with Gasteiger partial charge in [0.15, 0.2) is 0 Å². The van der Waals surface area contributed by atoms with Gasteiger partial charge in [0.25, 0.3) is 0 Å². The molecule has 5 heteroatoms. The average Bonchev–Trinajstić information content (AvgIpc) is 3.12. The second kappa shape index (κ2) is 9.47. The van der Waals surface area contributed by atoms with Crippen molar-refractivity contribution in [3.8, 4) is 11.1 Å². The van der Waals surface area contributed by atoms with Gasteiger partial charge in [-0.1, -0.05) is 78.9 Å². The Morgan fingerprint density at radius 3 is 2.06 bits per heavy atom. The van der Waals surface area contributed by atoms with Crippen LogP contribution in [-0.4, -0.2) is 31.2 Å². The zero-order chi connectivity index (χ0) is 21.6. The summed E-state index contributed by atoms with van der Waals surface area (Å²) in [5, 5.41) is 5.53. The van der Waals surface area contributed by atoms with E-state index in [-0.39, 0.29) is 18.4 Å². The standard InChI is InChI=1S/C26H26N2O3/c1-2-27-25(29)24(16-18-10-4-3-5-11-18)28-26(30)31-17-23-21-14-8-6-12-19(21)20-13-7-9-15-22(20)23/h3-15,23-24H,2,16-17H2,1H3,(H,27,29)(H,28,30). The first-order valence-electron chi connectivity index (χ1n) is 10.6. The Hall–Kier alpha value is -3.60. The van der Waals surface area contributed by atoms with Crippen LogP contribution in [0.2, 0.25) is 0 Å². The predicted octanol–water partition coefficient (Wildman–Crippen LogP) is 4.27. The number of carbonyl (C=O) groups excluding carboxylic acids is 2. The molecular formula is C26H26N2O3. The zero-order valence-corrected chi connectivity index (χ0v) is 17.5. The van der Waals surface area contributed by atoms with Crippen LogP contribution in [0.5, 0.6) is 0 Å². The molecule has 5 nitrogen and oxygen atoms in total. The second-order valence-electron chi connectivity index (χ2n) is 7.61. The van der Waals surface area contributed by atoms with Gasteiger partial charge in [-0.15, -0.1) is 0 Å². The Morgan fingerprint density at radius 1 is 0.871 bits per heavy atom. The van der Waals surface area contributed by atoms with E-state index in [9.17, 15) is 9.59 Å². The number of fused-ring (bicyclic) bond motifs is 3. The molecule has 0 bridgehead atoms. The third-order valence-electron chi connectivity index (χ3n) is 5.59. The summed E-state index contributed by atoms with van der Waals surface area (Å²) < 4.78 is 5.61. The van der Waals surface area contributed by atoms with Crippen molar-refractivity contribution in [3.05, 3.63) is 95.6 Å². The fraction of sp³-hybridized carbons (Fsp3) is 0.231. The van der Waals surface area contributed by atoms with Crippen LogP contribution in [0, 0.1) is 0 Å². The number of likely N-dealkylation sites (N-methyl/N-ethyl adjacent to an activating group) is 1. The van der Waals surface area contributed by atoms with Crippen molar-refractivity contribution in [2.45, 2.75) is 25.3 Å². The normalized spacial score (nSPS) is 13.1. The molecule has 31 heavy (non-hydrogen) atoms. The van der Waals surface area contributed by atoms with Crippen LogP contribution in [-0.2, 0) is 16.0 Å². The highest BCUT2D eigenvalue weighted by Gasteiger charge is 2.29. The van der Waals surface area contributed by atoms with Crippen LogP contribution in [0.3, 0.4) is 0 Å². The monoisotopic (exact) mass is 414 g/mol. The highest BCUT2D eigenvalue weighted by Crippen LogP contribution is 2.44. The Bertz CT molecular complexity index is 1020. The summed E-state index contributed by atoms with van der Waals surface area (Å²) in [7, 11) is 0. The maximum absolute atomic E-state index is 12.6. The molecule has 1 unspecified atom stereocenters. The topological polar surface area (TPSA) is 67.4 Å². The molecule has 0 spiro atoms. The van der Waals surface area contributed by atoms with Gasteiger partial charge in [0.1, 0.15) is 12.6 Å². The van der Waals surface area contributed by atoms with E-state index in [1.165, 1.54) is 11.1 Å². The SMILES string of the molecule is CCNC(=O)C(Cc1ccccc1)NC(=O)OCC1c2ccccc2-c2ccccc21. The fourth-order valence-corrected chi connectivity index (χ4v) is 4.14. The van der Waals surface area contributed by atoms with Crippen LogP contribution in [0.15, 0.2) is 78.9 Å². The minimum Gasteiger partial charge on any atom is -0.449 e. The van der Waals surface area contributed by atoms with E-state index in [2.05, 4.69) is 34.9 Å². The van der Waals surface area contributed by atoms with E-state index >= 15 is 0 Å². The minimum atomic E-state index is -0.696. The van der Waals surface area contributed by atoms with Crippen LogP contribution >= 0.6 is 0 Å². The van der Waals surface area contributed by atoms with Crippen molar-refractivity contribution in [2.24, 2.45) is 0 Å². The minimum absolute atomic E-state index is 0.0183. The second-order valence-corrected chi connectivity index (χ2v) is 7.61. The van der Waals surface area contributed by atoms with Crippen LogP contribution in [0.4, 0.5) is 4.79 Å². The summed E-state index contributed by atoms with van der Waals surface area (Å²) in [5.74, 6) is -0.241. The molecule has 0 saturated carbocycles. The summed E-state index contributed by atoms with van der Waals surface area (Å²) in [6.45, 7) is 2.56. The Kier molecular flexibility index (Phi) is 6.32. The fourth-order valence-electron chi connectivity index (χ4n) is 4.14. The number of alkyl carbamates (subject to hydrolysis) is 1. The molecule has 3 aromatic rings. The van der Waals surface area contributed by atoms with E-state index < -0.39 is 12.1 Å². The highest BCUT2D eigenvalue weighted by atomic mass is 16.5. The van der Waals surface area contributed by atoms with Crippen molar-refractivity contribution < 1.29 is 14.3 Å².